The van der Waals surface area contributed by atoms with Gasteiger partial charge in [0.05, 0.1) is 13.2 Å². The normalized spacial score (nSPS) is 13.8. The lowest BCUT2D eigenvalue weighted by Gasteiger charge is -2.12. The van der Waals surface area contributed by atoms with Crippen molar-refractivity contribution >= 4 is 11.9 Å². The van der Waals surface area contributed by atoms with Gasteiger partial charge in [0, 0.05) is 37.0 Å². The molecule has 0 radical (unpaired) electrons. The first-order valence-corrected chi connectivity index (χ1v) is 23.6. The molecule has 0 aromatic heterocycles. The number of carbonyl (C=O) groups is 2. The zero-order valence-corrected chi connectivity index (χ0v) is 36.1. The molecular weight excluding hydrogens is 673 g/mol. The lowest BCUT2D eigenvalue weighted by atomic mass is 10.00. The van der Waals surface area contributed by atoms with Crippen molar-refractivity contribution in [2.24, 2.45) is 22.9 Å². The largest absolute Gasteiger partial charge is 0.466 e. The molecule has 0 aliphatic rings. The fourth-order valence-corrected chi connectivity index (χ4v) is 7.36. The van der Waals surface area contributed by atoms with Crippen LogP contribution in [-0.2, 0) is 19.1 Å². The SMILES string of the molecule is CCCCCC(N)CCCCCCCCC(N)CCCCCOC(=O)CCCCC(=O)OCCCCCC(N)CCCCCCCCC(N)CCCCC. The summed E-state index contributed by atoms with van der Waals surface area (Å²) in [7, 11) is 0. The van der Waals surface area contributed by atoms with Crippen molar-refractivity contribution in [1.29, 1.82) is 0 Å². The topological polar surface area (TPSA) is 157 Å². The number of carbonyl (C=O) groups excluding carboxylic acids is 2. The van der Waals surface area contributed by atoms with Crippen LogP contribution in [0.3, 0.4) is 0 Å². The molecule has 0 aliphatic carbocycles. The van der Waals surface area contributed by atoms with E-state index in [0.717, 1.165) is 64.2 Å². The van der Waals surface area contributed by atoms with E-state index in [1.807, 2.05) is 0 Å². The maximum absolute atomic E-state index is 12.1. The molecule has 0 aliphatic heterocycles. The van der Waals surface area contributed by atoms with Gasteiger partial charge in [-0.15, -0.1) is 0 Å². The summed E-state index contributed by atoms with van der Waals surface area (Å²) in [5, 5.41) is 0. The average molecular weight is 767 g/mol. The van der Waals surface area contributed by atoms with Crippen molar-refractivity contribution in [1.82, 2.24) is 0 Å². The number of hydrogen-bond acceptors (Lipinski definition) is 8. The summed E-state index contributed by atoms with van der Waals surface area (Å²) < 4.78 is 10.8. The molecule has 0 saturated carbocycles. The summed E-state index contributed by atoms with van der Waals surface area (Å²) in [6.45, 7) is 5.43. The van der Waals surface area contributed by atoms with E-state index in [4.69, 9.17) is 32.4 Å². The summed E-state index contributed by atoms with van der Waals surface area (Å²) in [5.74, 6) is -0.338. The number of unbranched alkanes of at least 4 members (excludes halogenated alkanes) is 19. The maximum atomic E-state index is 12.1. The van der Waals surface area contributed by atoms with E-state index in [1.54, 1.807) is 0 Å². The first-order chi connectivity index (χ1) is 26.3. The molecule has 0 heterocycles. The summed E-state index contributed by atoms with van der Waals surface area (Å²) in [5.41, 5.74) is 25.1. The molecule has 8 N–H and O–H groups in total. The number of esters is 2. The van der Waals surface area contributed by atoms with Crippen LogP contribution in [0.25, 0.3) is 0 Å². The molecule has 4 atom stereocenters. The van der Waals surface area contributed by atoms with E-state index in [-0.39, 0.29) is 24.0 Å². The van der Waals surface area contributed by atoms with Crippen LogP contribution in [0.2, 0.25) is 0 Å². The Hall–Kier alpha value is -1.22. The summed E-state index contributed by atoms with van der Waals surface area (Å²) >= 11 is 0. The van der Waals surface area contributed by atoms with Crippen LogP contribution in [0.1, 0.15) is 245 Å². The van der Waals surface area contributed by atoms with Gasteiger partial charge in [0.25, 0.3) is 0 Å². The third kappa shape index (κ3) is 40.4. The zero-order valence-electron chi connectivity index (χ0n) is 36.1. The van der Waals surface area contributed by atoms with Crippen molar-refractivity contribution in [2.75, 3.05) is 13.2 Å². The molecule has 0 aromatic carbocycles. The highest BCUT2D eigenvalue weighted by Crippen LogP contribution is 2.16. The van der Waals surface area contributed by atoms with E-state index in [1.165, 1.54) is 141 Å². The zero-order chi connectivity index (χ0) is 39.7. The van der Waals surface area contributed by atoms with Crippen molar-refractivity contribution in [3.05, 3.63) is 0 Å². The van der Waals surface area contributed by atoms with Crippen LogP contribution >= 0.6 is 0 Å². The van der Waals surface area contributed by atoms with Crippen LogP contribution in [0, 0.1) is 0 Å². The lowest BCUT2D eigenvalue weighted by Crippen LogP contribution is -2.19. The molecule has 0 aromatic rings. The summed E-state index contributed by atoms with van der Waals surface area (Å²) in [6, 6.07) is 1.37. The second kappa shape index (κ2) is 41.4. The Morgan fingerprint density at radius 1 is 0.333 bits per heavy atom. The van der Waals surface area contributed by atoms with E-state index < -0.39 is 0 Å². The standard InChI is InChI=1S/C46H94N4O4/c1-3-5-17-29-41(47)31-19-11-7-9-13-21-33-43(49)35-23-15-27-39-53-45(51)37-25-26-38-46(52)54-40-28-16-24-36-44(50)34-22-14-10-8-12-20-32-42(48)30-18-6-4-2/h41-44H,3-40,47-50H2,1-2H3. The van der Waals surface area contributed by atoms with Crippen LogP contribution in [0.15, 0.2) is 0 Å². The Morgan fingerprint density at radius 2 is 0.556 bits per heavy atom. The molecule has 8 heteroatoms. The first-order valence-electron chi connectivity index (χ1n) is 23.6. The minimum absolute atomic E-state index is 0.169. The van der Waals surface area contributed by atoms with Gasteiger partial charge in [-0.05, 0) is 77.0 Å². The number of nitrogens with two attached hydrogens (primary N) is 4. The van der Waals surface area contributed by atoms with Crippen molar-refractivity contribution in [3.8, 4) is 0 Å². The number of ether oxygens (including phenoxy) is 2. The van der Waals surface area contributed by atoms with Crippen LogP contribution in [0.4, 0.5) is 0 Å². The summed E-state index contributed by atoms with van der Waals surface area (Å²) in [4.78, 5) is 24.1. The predicted octanol–water partition coefficient (Wildman–Crippen LogP) is 11.5. The lowest BCUT2D eigenvalue weighted by molar-refractivity contribution is -0.146. The molecule has 8 nitrogen and oxygen atoms in total. The van der Waals surface area contributed by atoms with Gasteiger partial charge in [-0.1, -0.05) is 155 Å². The molecule has 54 heavy (non-hydrogen) atoms. The predicted molar refractivity (Wildman–Crippen MR) is 231 cm³/mol. The molecule has 0 fully saturated rings. The van der Waals surface area contributed by atoms with Gasteiger partial charge < -0.3 is 32.4 Å². The highest BCUT2D eigenvalue weighted by molar-refractivity contribution is 5.70. The minimum atomic E-state index is -0.169. The maximum Gasteiger partial charge on any atom is 0.305 e. The Balaban J connectivity index is 3.45. The van der Waals surface area contributed by atoms with Crippen LogP contribution in [0.5, 0.6) is 0 Å². The fraction of sp³-hybridized carbons (Fsp3) is 0.957. The number of hydrogen-bond donors (Lipinski definition) is 4. The Labute approximate surface area is 335 Å². The van der Waals surface area contributed by atoms with Gasteiger partial charge in [0.15, 0.2) is 0 Å². The smallest absolute Gasteiger partial charge is 0.305 e. The first kappa shape index (κ1) is 52.8. The van der Waals surface area contributed by atoms with E-state index >= 15 is 0 Å². The third-order valence-electron chi connectivity index (χ3n) is 11.1. The third-order valence-corrected chi connectivity index (χ3v) is 11.1. The Morgan fingerprint density at radius 3 is 0.815 bits per heavy atom. The molecule has 0 amide bonds. The Bertz CT molecular complexity index is 737. The van der Waals surface area contributed by atoms with Gasteiger partial charge >= 0.3 is 11.9 Å². The second-order valence-electron chi connectivity index (χ2n) is 16.8. The molecule has 0 spiro atoms. The van der Waals surface area contributed by atoms with Crippen molar-refractivity contribution < 1.29 is 19.1 Å². The summed E-state index contributed by atoms with van der Waals surface area (Å²) in [6.07, 6.45) is 40.2. The quantitative estimate of drug-likeness (QED) is 0.0353. The van der Waals surface area contributed by atoms with Crippen LogP contribution < -0.4 is 22.9 Å². The second-order valence-corrected chi connectivity index (χ2v) is 16.8. The van der Waals surface area contributed by atoms with Crippen molar-refractivity contribution in [3.63, 3.8) is 0 Å². The molecule has 322 valence electrons. The molecular formula is C46H94N4O4. The van der Waals surface area contributed by atoms with E-state index in [9.17, 15) is 9.59 Å². The minimum Gasteiger partial charge on any atom is -0.466 e. The highest BCUT2D eigenvalue weighted by atomic mass is 16.5. The van der Waals surface area contributed by atoms with Gasteiger partial charge in [0.1, 0.15) is 0 Å². The van der Waals surface area contributed by atoms with Gasteiger partial charge in [-0.3, -0.25) is 9.59 Å². The fourth-order valence-electron chi connectivity index (χ4n) is 7.36. The molecule has 0 saturated heterocycles. The highest BCUT2D eigenvalue weighted by Gasteiger charge is 2.09. The molecule has 4 unspecified atom stereocenters. The average Bonchev–Trinajstić information content (AvgIpc) is 3.15. The van der Waals surface area contributed by atoms with E-state index in [2.05, 4.69) is 13.8 Å². The van der Waals surface area contributed by atoms with Gasteiger partial charge in [0.2, 0.25) is 0 Å². The molecule has 0 rings (SSSR count). The van der Waals surface area contributed by atoms with Crippen molar-refractivity contribution in [2.45, 2.75) is 269 Å². The molecule has 0 bridgehead atoms. The monoisotopic (exact) mass is 767 g/mol. The van der Waals surface area contributed by atoms with E-state index in [0.29, 0.717) is 51.0 Å². The Kier molecular flexibility index (Phi) is 40.5. The number of rotatable bonds is 43. The van der Waals surface area contributed by atoms with Crippen LogP contribution in [-0.4, -0.2) is 49.3 Å². The van der Waals surface area contributed by atoms with Gasteiger partial charge in [-0.25, -0.2) is 0 Å². The van der Waals surface area contributed by atoms with Gasteiger partial charge in [-0.2, -0.15) is 0 Å².